The van der Waals surface area contributed by atoms with E-state index < -0.39 is 22.0 Å². The first-order chi connectivity index (χ1) is 16.6. The van der Waals surface area contributed by atoms with Gasteiger partial charge in [0.25, 0.3) is 0 Å². The minimum atomic E-state index is -3.84. The molecule has 0 bridgehead atoms. The van der Waals surface area contributed by atoms with Gasteiger partial charge in [0.05, 0.1) is 20.8 Å². The second-order valence-corrected chi connectivity index (χ2v) is 12.0. The molecule has 0 spiro atoms. The molecule has 35 heavy (non-hydrogen) atoms. The Balaban J connectivity index is 1.43. The summed E-state index contributed by atoms with van der Waals surface area (Å²) in [5.74, 6) is 0.0599. The minimum absolute atomic E-state index is 0.113. The van der Waals surface area contributed by atoms with Crippen molar-refractivity contribution in [3.63, 3.8) is 0 Å². The molecule has 11 heteroatoms. The van der Waals surface area contributed by atoms with Gasteiger partial charge in [0.2, 0.25) is 21.1 Å². The van der Waals surface area contributed by atoms with Gasteiger partial charge in [0.1, 0.15) is 11.9 Å². The first-order valence-electron chi connectivity index (χ1n) is 11.2. The predicted octanol–water partition coefficient (Wildman–Crippen LogP) is 4.85. The van der Waals surface area contributed by atoms with E-state index in [1.807, 2.05) is 19.9 Å². The smallest absolute Gasteiger partial charge is 0.243 e. The van der Waals surface area contributed by atoms with E-state index in [-0.39, 0.29) is 11.4 Å². The number of nitrogens with zero attached hydrogens (tertiary/aromatic N) is 4. The molecule has 1 aliphatic heterocycles. The van der Waals surface area contributed by atoms with Crippen LogP contribution in [0.25, 0.3) is 15.3 Å². The summed E-state index contributed by atoms with van der Waals surface area (Å²) in [6.07, 6.45) is 1.03. The molecule has 1 fully saturated rings. The van der Waals surface area contributed by atoms with Gasteiger partial charge in [-0.25, -0.2) is 13.4 Å². The zero-order valence-electron chi connectivity index (χ0n) is 19.4. The molecule has 0 aliphatic carbocycles. The van der Waals surface area contributed by atoms with Crippen molar-refractivity contribution < 1.29 is 13.2 Å². The van der Waals surface area contributed by atoms with Gasteiger partial charge in [-0.05, 0) is 81.1 Å². The van der Waals surface area contributed by atoms with E-state index in [1.165, 1.54) is 45.5 Å². The van der Waals surface area contributed by atoms with Crippen molar-refractivity contribution in [1.82, 2.24) is 19.1 Å². The number of aromatic nitrogens is 3. The second kappa shape index (κ2) is 9.02. The zero-order chi connectivity index (χ0) is 24.9. The van der Waals surface area contributed by atoms with Crippen molar-refractivity contribution in [2.24, 2.45) is 0 Å². The van der Waals surface area contributed by atoms with Crippen molar-refractivity contribution in [2.45, 2.75) is 44.6 Å². The third-order valence-corrected chi connectivity index (χ3v) is 9.35. The van der Waals surface area contributed by atoms with Crippen LogP contribution in [-0.4, -0.2) is 46.0 Å². The van der Waals surface area contributed by atoms with Crippen molar-refractivity contribution in [3.05, 3.63) is 64.3 Å². The van der Waals surface area contributed by atoms with E-state index in [2.05, 4.69) is 23.4 Å². The van der Waals surface area contributed by atoms with Gasteiger partial charge in [-0.3, -0.25) is 4.79 Å². The SMILES string of the molecule is Cc1cc(NC(=O)C2CCCN2S(=O)(=O)c2ccc(Cl)cc2)n(-c2nc3cc(C)c(C)cc3s2)n1. The molecule has 3 heterocycles. The number of thiazole rings is 1. The number of benzene rings is 2. The number of anilines is 1. The zero-order valence-corrected chi connectivity index (χ0v) is 21.8. The standard InChI is InChI=1S/C24H24ClN5O3S2/c1-14-11-19-21(12-15(14)2)34-24(26-19)30-22(13-16(3)28-30)27-23(31)20-5-4-10-29(20)35(32,33)18-8-6-17(25)7-9-18/h6-9,11-13,20H,4-5,10H2,1-3H3,(H,27,31). The summed E-state index contributed by atoms with van der Waals surface area (Å²) in [5, 5.41) is 8.51. The molecule has 5 rings (SSSR count). The van der Waals surface area contributed by atoms with Crippen molar-refractivity contribution in [1.29, 1.82) is 0 Å². The van der Waals surface area contributed by atoms with Crippen LogP contribution in [0.1, 0.15) is 29.7 Å². The highest BCUT2D eigenvalue weighted by atomic mass is 35.5. The summed E-state index contributed by atoms with van der Waals surface area (Å²) in [7, 11) is -3.84. The molecule has 0 saturated carbocycles. The highest BCUT2D eigenvalue weighted by Gasteiger charge is 2.39. The molecule has 1 aliphatic rings. The lowest BCUT2D eigenvalue weighted by atomic mass is 10.1. The monoisotopic (exact) mass is 529 g/mol. The maximum absolute atomic E-state index is 13.3. The summed E-state index contributed by atoms with van der Waals surface area (Å²) in [6.45, 7) is 6.21. The van der Waals surface area contributed by atoms with Gasteiger partial charge in [0, 0.05) is 17.6 Å². The van der Waals surface area contributed by atoms with E-state index in [9.17, 15) is 13.2 Å². The van der Waals surface area contributed by atoms with Crippen LogP contribution < -0.4 is 5.32 Å². The summed E-state index contributed by atoms with van der Waals surface area (Å²) >= 11 is 7.40. The number of nitrogens with one attached hydrogen (secondary N) is 1. The Bertz CT molecular complexity index is 1500. The molecule has 1 atom stereocenters. The Hall–Kier alpha value is -2.79. The van der Waals surface area contributed by atoms with Gasteiger partial charge in [-0.2, -0.15) is 14.1 Å². The normalized spacial score (nSPS) is 16.7. The molecule has 1 unspecified atom stereocenters. The van der Waals surface area contributed by atoms with Crippen LogP contribution in [-0.2, 0) is 14.8 Å². The van der Waals surface area contributed by atoms with E-state index in [1.54, 1.807) is 10.7 Å². The first-order valence-corrected chi connectivity index (χ1v) is 13.8. The number of carbonyl (C=O) groups is 1. The maximum atomic E-state index is 13.3. The van der Waals surface area contributed by atoms with Gasteiger partial charge in [-0.1, -0.05) is 22.9 Å². The molecule has 182 valence electrons. The summed E-state index contributed by atoms with van der Waals surface area (Å²) in [5.41, 5.74) is 3.92. The molecular weight excluding hydrogens is 506 g/mol. The van der Waals surface area contributed by atoms with Crippen molar-refractivity contribution >= 4 is 54.9 Å². The summed E-state index contributed by atoms with van der Waals surface area (Å²) < 4.78 is 30.4. The Morgan fingerprint density at radius 1 is 1.11 bits per heavy atom. The second-order valence-electron chi connectivity index (χ2n) is 8.70. The Morgan fingerprint density at radius 3 is 2.57 bits per heavy atom. The third-order valence-electron chi connectivity index (χ3n) is 6.18. The molecule has 2 aromatic heterocycles. The minimum Gasteiger partial charge on any atom is -0.309 e. The van der Waals surface area contributed by atoms with Crippen LogP contribution in [0.4, 0.5) is 5.82 Å². The van der Waals surface area contributed by atoms with E-state index in [0.29, 0.717) is 34.5 Å². The molecular formula is C24H24ClN5O3S2. The number of sulfonamides is 1. The Labute approximate surface area is 212 Å². The maximum Gasteiger partial charge on any atom is 0.243 e. The quantitative estimate of drug-likeness (QED) is 0.398. The Kier molecular flexibility index (Phi) is 6.16. The first kappa shape index (κ1) is 23.9. The van der Waals surface area contributed by atoms with Crippen LogP contribution in [0.5, 0.6) is 0 Å². The van der Waals surface area contributed by atoms with Crippen LogP contribution in [0.2, 0.25) is 5.02 Å². The van der Waals surface area contributed by atoms with Gasteiger partial charge in [-0.15, -0.1) is 0 Å². The molecule has 8 nitrogen and oxygen atoms in total. The van der Waals surface area contributed by atoms with E-state index in [0.717, 1.165) is 15.8 Å². The Morgan fingerprint density at radius 2 is 1.83 bits per heavy atom. The lowest BCUT2D eigenvalue weighted by Gasteiger charge is -2.23. The number of rotatable bonds is 5. The van der Waals surface area contributed by atoms with Gasteiger partial charge < -0.3 is 5.32 Å². The highest BCUT2D eigenvalue weighted by molar-refractivity contribution is 7.89. The number of hydrogen-bond donors (Lipinski definition) is 1. The highest BCUT2D eigenvalue weighted by Crippen LogP contribution is 2.31. The molecule has 1 N–H and O–H groups in total. The predicted molar refractivity (Wildman–Crippen MR) is 138 cm³/mol. The molecule has 1 amide bonds. The topological polar surface area (TPSA) is 97.2 Å². The largest absolute Gasteiger partial charge is 0.309 e. The average Bonchev–Trinajstić information content (AvgIpc) is 3.53. The third kappa shape index (κ3) is 4.47. The fourth-order valence-electron chi connectivity index (χ4n) is 4.23. The number of hydrogen-bond acceptors (Lipinski definition) is 6. The van der Waals surface area contributed by atoms with E-state index in [4.69, 9.17) is 16.6 Å². The van der Waals surface area contributed by atoms with Gasteiger partial charge >= 0.3 is 0 Å². The molecule has 0 radical (unpaired) electrons. The number of amides is 1. The average molecular weight is 530 g/mol. The summed E-state index contributed by atoms with van der Waals surface area (Å²) in [6, 6.07) is 11.0. The molecule has 4 aromatic rings. The number of carbonyl (C=O) groups excluding carboxylic acids is 1. The lowest BCUT2D eigenvalue weighted by molar-refractivity contribution is -0.119. The van der Waals surface area contributed by atoms with Crippen molar-refractivity contribution in [2.75, 3.05) is 11.9 Å². The molecule has 1 saturated heterocycles. The van der Waals surface area contributed by atoms with Crippen LogP contribution >= 0.6 is 22.9 Å². The lowest BCUT2D eigenvalue weighted by Crippen LogP contribution is -2.43. The van der Waals surface area contributed by atoms with Crippen molar-refractivity contribution in [3.8, 4) is 5.13 Å². The number of halogens is 1. The van der Waals surface area contributed by atoms with E-state index >= 15 is 0 Å². The van der Waals surface area contributed by atoms with Crippen LogP contribution in [0.3, 0.4) is 0 Å². The molecule has 2 aromatic carbocycles. The van der Waals surface area contributed by atoms with Crippen LogP contribution in [0.15, 0.2) is 47.4 Å². The number of fused-ring (bicyclic) bond motifs is 1. The van der Waals surface area contributed by atoms with Gasteiger partial charge in [0.15, 0.2) is 0 Å². The number of aryl methyl sites for hydroxylation is 3. The fourth-order valence-corrected chi connectivity index (χ4v) is 7.03. The van der Waals surface area contributed by atoms with Crippen LogP contribution in [0, 0.1) is 20.8 Å². The fraction of sp³-hybridized carbons (Fsp3) is 0.292. The summed E-state index contributed by atoms with van der Waals surface area (Å²) in [4.78, 5) is 18.1.